The van der Waals surface area contributed by atoms with Gasteiger partial charge in [0.15, 0.2) is 0 Å². The fourth-order valence-corrected chi connectivity index (χ4v) is 2.69. The summed E-state index contributed by atoms with van der Waals surface area (Å²) >= 11 is 0. The van der Waals surface area contributed by atoms with E-state index in [4.69, 9.17) is 5.73 Å². The zero-order chi connectivity index (χ0) is 15.6. The van der Waals surface area contributed by atoms with E-state index >= 15 is 0 Å². The molecule has 114 valence electrons. The molecule has 1 aromatic rings. The van der Waals surface area contributed by atoms with Gasteiger partial charge in [-0.05, 0) is 31.0 Å². The molecule has 0 spiro atoms. The van der Waals surface area contributed by atoms with E-state index in [1.165, 1.54) is 6.92 Å². The minimum absolute atomic E-state index is 0.0423. The normalized spacial score (nSPS) is 12.7. The molecule has 1 rings (SSSR count). The highest BCUT2D eigenvalue weighted by Gasteiger charge is 2.26. The minimum atomic E-state index is -4.33. The summed E-state index contributed by atoms with van der Waals surface area (Å²) in [6.07, 6.45) is -5.79. The van der Waals surface area contributed by atoms with E-state index < -0.39 is 28.4 Å². The number of hydrogen-bond acceptors (Lipinski definition) is 3. The second-order valence-corrected chi connectivity index (χ2v) is 6.03. The van der Waals surface area contributed by atoms with E-state index in [1.54, 1.807) is 0 Å². The molecule has 1 aromatic carbocycles. The Morgan fingerprint density at radius 2 is 1.90 bits per heavy atom. The molecular weight excluding hydrogens is 300 g/mol. The van der Waals surface area contributed by atoms with Crippen molar-refractivity contribution in [2.45, 2.75) is 30.8 Å². The third-order valence-corrected chi connectivity index (χ3v) is 3.94. The van der Waals surface area contributed by atoms with Crippen LogP contribution >= 0.6 is 0 Å². The Hall–Kier alpha value is -1.35. The Bertz CT molecular complexity index is 562. The summed E-state index contributed by atoms with van der Waals surface area (Å²) in [4.78, 5) is -0.277. The van der Waals surface area contributed by atoms with Gasteiger partial charge in [0, 0.05) is 13.0 Å². The quantitative estimate of drug-likeness (QED) is 0.498. The van der Waals surface area contributed by atoms with Crippen LogP contribution < -0.4 is 10.5 Å². The van der Waals surface area contributed by atoms with Crippen molar-refractivity contribution in [2.75, 3.05) is 12.3 Å². The maximum absolute atomic E-state index is 13.3. The Morgan fingerprint density at radius 3 is 2.40 bits per heavy atom. The molecule has 0 atom stereocenters. The SMILES string of the molecule is Cc1cc(S(=O)(=O)NCCCC(F)(F)F)cc(N)c1F. The van der Waals surface area contributed by atoms with Crippen molar-refractivity contribution in [1.29, 1.82) is 0 Å². The fraction of sp³-hybridized carbons (Fsp3) is 0.455. The van der Waals surface area contributed by atoms with Gasteiger partial charge in [0.1, 0.15) is 5.82 Å². The minimum Gasteiger partial charge on any atom is -0.396 e. The maximum atomic E-state index is 13.3. The van der Waals surface area contributed by atoms with Crippen LogP contribution in [-0.2, 0) is 10.0 Å². The average molecular weight is 314 g/mol. The fourth-order valence-electron chi connectivity index (χ4n) is 1.50. The number of alkyl halides is 3. The van der Waals surface area contributed by atoms with Gasteiger partial charge in [-0.2, -0.15) is 13.2 Å². The standard InChI is InChI=1S/C11H14F4N2O2S/c1-7-5-8(6-9(16)10(7)12)20(18,19)17-4-2-3-11(13,14)15/h5-6,17H,2-4,16H2,1H3. The van der Waals surface area contributed by atoms with Crippen LogP contribution in [0, 0.1) is 12.7 Å². The lowest BCUT2D eigenvalue weighted by Crippen LogP contribution is -2.26. The topological polar surface area (TPSA) is 72.2 Å². The van der Waals surface area contributed by atoms with Crippen molar-refractivity contribution in [1.82, 2.24) is 4.72 Å². The van der Waals surface area contributed by atoms with Crippen LogP contribution in [0.15, 0.2) is 17.0 Å². The van der Waals surface area contributed by atoms with Crippen molar-refractivity contribution in [3.63, 3.8) is 0 Å². The molecule has 20 heavy (non-hydrogen) atoms. The van der Waals surface area contributed by atoms with Crippen molar-refractivity contribution in [3.8, 4) is 0 Å². The number of hydrogen-bond donors (Lipinski definition) is 2. The van der Waals surface area contributed by atoms with Crippen LogP contribution in [0.4, 0.5) is 23.2 Å². The molecule has 0 aliphatic carbocycles. The summed E-state index contributed by atoms with van der Waals surface area (Å²) in [6, 6.07) is 1.99. The monoisotopic (exact) mass is 314 g/mol. The number of nitrogen functional groups attached to an aromatic ring is 1. The van der Waals surface area contributed by atoms with Crippen LogP contribution in [0.1, 0.15) is 18.4 Å². The van der Waals surface area contributed by atoms with Crippen LogP contribution in [0.3, 0.4) is 0 Å². The molecule has 0 fully saturated rings. The number of nitrogens with one attached hydrogen (secondary N) is 1. The molecule has 0 radical (unpaired) electrons. The number of sulfonamides is 1. The molecule has 0 aliphatic rings. The predicted octanol–water partition coefficient (Wildman–Crippen LogP) is 2.34. The van der Waals surface area contributed by atoms with Gasteiger partial charge in [-0.25, -0.2) is 17.5 Å². The summed E-state index contributed by atoms with van der Waals surface area (Å²) in [5, 5.41) is 0. The molecule has 0 amide bonds. The van der Waals surface area contributed by atoms with E-state index in [9.17, 15) is 26.0 Å². The lowest BCUT2D eigenvalue weighted by molar-refractivity contribution is -0.135. The molecule has 0 saturated carbocycles. The molecule has 0 saturated heterocycles. The molecule has 0 aromatic heterocycles. The first kappa shape index (κ1) is 16.7. The van der Waals surface area contributed by atoms with Crippen LogP contribution in [0.2, 0.25) is 0 Å². The Balaban J connectivity index is 2.75. The highest BCUT2D eigenvalue weighted by atomic mass is 32.2. The highest BCUT2D eigenvalue weighted by molar-refractivity contribution is 7.89. The first-order valence-electron chi connectivity index (χ1n) is 5.65. The summed E-state index contributed by atoms with van der Waals surface area (Å²) < 4.78 is 74.6. The number of anilines is 1. The Kier molecular flexibility index (Phi) is 4.98. The number of halogens is 4. The van der Waals surface area contributed by atoms with E-state index in [-0.39, 0.29) is 29.1 Å². The molecule has 0 aliphatic heterocycles. The number of benzene rings is 1. The highest BCUT2D eigenvalue weighted by Crippen LogP contribution is 2.22. The van der Waals surface area contributed by atoms with Gasteiger partial charge in [-0.3, -0.25) is 0 Å². The number of rotatable bonds is 5. The first-order chi connectivity index (χ1) is 9.03. The van der Waals surface area contributed by atoms with Crippen molar-refractivity contribution in [2.24, 2.45) is 0 Å². The Morgan fingerprint density at radius 1 is 1.30 bits per heavy atom. The lowest BCUT2D eigenvalue weighted by Gasteiger charge is -2.10. The number of nitrogens with two attached hydrogens (primary N) is 1. The summed E-state index contributed by atoms with van der Waals surface area (Å²) in [5.74, 6) is -0.721. The van der Waals surface area contributed by atoms with Gasteiger partial charge < -0.3 is 5.73 Å². The van der Waals surface area contributed by atoms with Gasteiger partial charge >= 0.3 is 6.18 Å². The lowest BCUT2D eigenvalue weighted by atomic mass is 10.2. The largest absolute Gasteiger partial charge is 0.396 e. The van der Waals surface area contributed by atoms with Crippen LogP contribution in [0.25, 0.3) is 0 Å². The van der Waals surface area contributed by atoms with E-state index in [1.807, 2.05) is 4.72 Å². The summed E-state index contributed by atoms with van der Waals surface area (Å²) in [5.41, 5.74) is 5.02. The Labute approximate surface area is 114 Å². The second kappa shape index (κ2) is 5.96. The van der Waals surface area contributed by atoms with Crippen molar-refractivity contribution in [3.05, 3.63) is 23.5 Å². The third kappa shape index (κ3) is 4.64. The zero-order valence-corrected chi connectivity index (χ0v) is 11.4. The van der Waals surface area contributed by atoms with Crippen molar-refractivity contribution < 1.29 is 26.0 Å². The van der Waals surface area contributed by atoms with Crippen LogP contribution in [-0.4, -0.2) is 21.1 Å². The average Bonchev–Trinajstić information content (AvgIpc) is 2.30. The van der Waals surface area contributed by atoms with Crippen molar-refractivity contribution >= 4 is 15.7 Å². The third-order valence-electron chi connectivity index (χ3n) is 2.50. The molecular formula is C11H14F4N2O2S. The maximum Gasteiger partial charge on any atom is 0.389 e. The second-order valence-electron chi connectivity index (χ2n) is 4.26. The van der Waals surface area contributed by atoms with E-state index in [0.717, 1.165) is 12.1 Å². The predicted molar refractivity (Wildman–Crippen MR) is 66.0 cm³/mol. The smallest absolute Gasteiger partial charge is 0.389 e. The molecule has 0 heterocycles. The van der Waals surface area contributed by atoms with Gasteiger partial charge in [-0.1, -0.05) is 0 Å². The molecule has 0 unspecified atom stereocenters. The molecule has 3 N–H and O–H groups in total. The molecule has 0 bridgehead atoms. The van der Waals surface area contributed by atoms with Gasteiger partial charge in [0.25, 0.3) is 0 Å². The van der Waals surface area contributed by atoms with Gasteiger partial charge in [0.2, 0.25) is 10.0 Å². The first-order valence-corrected chi connectivity index (χ1v) is 7.13. The molecule has 4 nitrogen and oxygen atoms in total. The molecule has 9 heteroatoms. The van der Waals surface area contributed by atoms with Crippen LogP contribution in [0.5, 0.6) is 0 Å². The van der Waals surface area contributed by atoms with Gasteiger partial charge in [-0.15, -0.1) is 0 Å². The summed E-state index contributed by atoms with van der Waals surface area (Å²) in [6.45, 7) is 0.979. The summed E-state index contributed by atoms with van der Waals surface area (Å²) in [7, 11) is -4.00. The van der Waals surface area contributed by atoms with E-state index in [0.29, 0.717) is 0 Å². The zero-order valence-electron chi connectivity index (χ0n) is 10.6. The van der Waals surface area contributed by atoms with E-state index in [2.05, 4.69) is 0 Å². The number of aryl methyl sites for hydroxylation is 1. The van der Waals surface area contributed by atoms with Gasteiger partial charge in [0.05, 0.1) is 10.6 Å².